The number of aromatic nitrogens is 1. The molecule has 23 heavy (non-hydrogen) atoms. The number of thiazole rings is 1. The van der Waals surface area contributed by atoms with Gasteiger partial charge in [0, 0.05) is 11.3 Å². The first-order valence-electron chi connectivity index (χ1n) is 7.53. The van der Waals surface area contributed by atoms with Crippen molar-refractivity contribution >= 4 is 17.2 Å². The minimum absolute atomic E-state index is 0.0567. The van der Waals surface area contributed by atoms with Gasteiger partial charge in [0.25, 0.3) is 0 Å². The number of aryl methyl sites for hydroxylation is 2. The molecule has 1 aromatic carbocycles. The first kappa shape index (κ1) is 15.5. The van der Waals surface area contributed by atoms with Gasteiger partial charge in [-0.2, -0.15) is 0 Å². The molecule has 5 heteroatoms. The largest absolute Gasteiger partial charge is 0.462 e. The van der Waals surface area contributed by atoms with Crippen molar-refractivity contribution in [2.24, 2.45) is 0 Å². The highest BCUT2D eigenvalue weighted by Crippen LogP contribution is 2.28. The molecule has 0 aliphatic heterocycles. The summed E-state index contributed by atoms with van der Waals surface area (Å²) in [6.07, 6.45) is 2.88. The van der Waals surface area contributed by atoms with Gasteiger partial charge >= 0.3 is 0 Å². The number of carbonyl (C=O) groups is 1. The molecular weight excluding hydrogens is 308 g/mol. The number of hydrogen-bond acceptors (Lipinski definition) is 4. The van der Waals surface area contributed by atoms with Gasteiger partial charge in [0.1, 0.15) is 0 Å². The molecule has 1 N–H and O–H groups in total. The van der Waals surface area contributed by atoms with Crippen LogP contribution in [-0.2, 0) is 17.8 Å². The molecule has 2 heterocycles. The van der Waals surface area contributed by atoms with Crippen LogP contribution in [0.15, 0.2) is 53.1 Å². The molecule has 0 atom stereocenters. The number of amides is 1. The standard InChI is InChI=1S/C18H18N2O2S/c1-13-16(23-18(20-13)15-8-5-11-22-15)12-19-17(21)10-9-14-6-3-2-4-7-14/h2-8,11H,9-10,12H2,1H3,(H,19,21). The number of nitrogens with one attached hydrogen (secondary N) is 1. The van der Waals surface area contributed by atoms with Crippen LogP contribution in [0.3, 0.4) is 0 Å². The average Bonchev–Trinajstić information content (AvgIpc) is 3.21. The van der Waals surface area contributed by atoms with E-state index < -0.39 is 0 Å². The molecule has 3 aromatic rings. The third-order valence-corrected chi connectivity index (χ3v) is 4.73. The minimum atomic E-state index is 0.0567. The van der Waals surface area contributed by atoms with E-state index in [1.54, 1.807) is 17.6 Å². The van der Waals surface area contributed by atoms with E-state index >= 15 is 0 Å². The van der Waals surface area contributed by atoms with Gasteiger partial charge in [0.05, 0.1) is 18.5 Å². The Kier molecular flexibility index (Phi) is 4.88. The first-order valence-corrected chi connectivity index (χ1v) is 8.35. The molecule has 0 saturated heterocycles. The molecule has 0 fully saturated rings. The van der Waals surface area contributed by atoms with Crippen molar-refractivity contribution in [3.63, 3.8) is 0 Å². The number of nitrogens with zero attached hydrogens (tertiary/aromatic N) is 1. The van der Waals surface area contributed by atoms with E-state index in [9.17, 15) is 4.79 Å². The molecule has 0 unspecified atom stereocenters. The van der Waals surface area contributed by atoms with Gasteiger partial charge in [-0.15, -0.1) is 11.3 Å². The Morgan fingerprint density at radius 1 is 1.22 bits per heavy atom. The molecule has 0 aliphatic rings. The van der Waals surface area contributed by atoms with E-state index in [-0.39, 0.29) is 5.91 Å². The van der Waals surface area contributed by atoms with Gasteiger partial charge in [-0.1, -0.05) is 30.3 Å². The fraction of sp³-hybridized carbons (Fsp3) is 0.222. The van der Waals surface area contributed by atoms with Crippen LogP contribution in [0.1, 0.15) is 22.6 Å². The second kappa shape index (κ2) is 7.24. The summed E-state index contributed by atoms with van der Waals surface area (Å²) in [7, 11) is 0. The number of benzene rings is 1. The predicted octanol–water partition coefficient (Wildman–Crippen LogP) is 3.96. The second-order valence-corrected chi connectivity index (χ2v) is 6.35. The predicted molar refractivity (Wildman–Crippen MR) is 91.2 cm³/mol. The summed E-state index contributed by atoms with van der Waals surface area (Å²) in [4.78, 5) is 17.5. The van der Waals surface area contributed by atoms with E-state index in [0.717, 1.165) is 27.8 Å². The number of rotatable bonds is 6. The van der Waals surface area contributed by atoms with Crippen molar-refractivity contribution in [2.45, 2.75) is 26.3 Å². The smallest absolute Gasteiger partial charge is 0.220 e. The van der Waals surface area contributed by atoms with Gasteiger partial charge in [-0.25, -0.2) is 4.98 Å². The number of hydrogen-bond donors (Lipinski definition) is 1. The third-order valence-electron chi connectivity index (χ3n) is 3.55. The van der Waals surface area contributed by atoms with E-state index in [1.165, 1.54) is 5.56 Å². The van der Waals surface area contributed by atoms with Crippen molar-refractivity contribution in [2.75, 3.05) is 0 Å². The molecule has 0 bridgehead atoms. The lowest BCUT2D eigenvalue weighted by molar-refractivity contribution is -0.121. The van der Waals surface area contributed by atoms with Crippen LogP contribution >= 0.6 is 11.3 Å². The molecule has 0 radical (unpaired) electrons. The van der Waals surface area contributed by atoms with Crippen LogP contribution in [0.5, 0.6) is 0 Å². The maximum atomic E-state index is 12.0. The minimum Gasteiger partial charge on any atom is -0.462 e. The lowest BCUT2D eigenvalue weighted by Gasteiger charge is -2.04. The number of furan rings is 1. The van der Waals surface area contributed by atoms with E-state index in [0.29, 0.717) is 13.0 Å². The van der Waals surface area contributed by atoms with E-state index in [1.807, 2.05) is 49.4 Å². The van der Waals surface area contributed by atoms with Crippen LogP contribution in [-0.4, -0.2) is 10.9 Å². The van der Waals surface area contributed by atoms with Gasteiger partial charge in [-0.05, 0) is 31.0 Å². The second-order valence-electron chi connectivity index (χ2n) is 5.27. The third kappa shape index (κ3) is 4.07. The van der Waals surface area contributed by atoms with E-state index in [4.69, 9.17) is 4.42 Å². The number of carbonyl (C=O) groups excluding carboxylic acids is 1. The molecule has 0 aliphatic carbocycles. The van der Waals surface area contributed by atoms with Crippen LogP contribution in [0, 0.1) is 6.92 Å². The fourth-order valence-electron chi connectivity index (χ4n) is 2.27. The lowest BCUT2D eigenvalue weighted by Crippen LogP contribution is -2.22. The summed E-state index contributed by atoms with van der Waals surface area (Å²) in [5, 5.41) is 3.82. The SMILES string of the molecule is Cc1nc(-c2ccco2)sc1CNC(=O)CCc1ccccc1. The van der Waals surface area contributed by atoms with Crippen LogP contribution in [0.4, 0.5) is 0 Å². The zero-order valence-corrected chi connectivity index (χ0v) is 13.7. The molecule has 2 aromatic heterocycles. The summed E-state index contributed by atoms with van der Waals surface area (Å²) >= 11 is 1.55. The molecule has 0 spiro atoms. The van der Waals surface area contributed by atoms with Crippen molar-refractivity contribution < 1.29 is 9.21 Å². The van der Waals surface area contributed by atoms with Gasteiger partial charge in [0.15, 0.2) is 10.8 Å². The monoisotopic (exact) mass is 326 g/mol. The Morgan fingerprint density at radius 3 is 2.78 bits per heavy atom. The Bertz CT molecular complexity index is 764. The summed E-state index contributed by atoms with van der Waals surface area (Å²) in [6, 6.07) is 13.8. The zero-order valence-electron chi connectivity index (χ0n) is 12.9. The molecule has 0 saturated carbocycles. The van der Waals surface area contributed by atoms with Crippen molar-refractivity contribution in [1.29, 1.82) is 0 Å². The maximum Gasteiger partial charge on any atom is 0.220 e. The fourth-order valence-corrected chi connectivity index (χ4v) is 3.24. The lowest BCUT2D eigenvalue weighted by atomic mass is 10.1. The highest BCUT2D eigenvalue weighted by molar-refractivity contribution is 7.15. The summed E-state index contributed by atoms with van der Waals surface area (Å²) in [5.74, 6) is 0.820. The molecule has 118 valence electrons. The van der Waals surface area contributed by atoms with Gasteiger partial charge in [0.2, 0.25) is 5.91 Å². The average molecular weight is 326 g/mol. The topological polar surface area (TPSA) is 55.1 Å². The molecule has 3 rings (SSSR count). The van der Waals surface area contributed by atoms with Gasteiger partial charge in [-0.3, -0.25) is 4.79 Å². The molecular formula is C18H18N2O2S. The normalized spacial score (nSPS) is 10.7. The Labute approximate surface area is 139 Å². The van der Waals surface area contributed by atoms with Crippen LogP contribution in [0.2, 0.25) is 0 Å². The van der Waals surface area contributed by atoms with Crippen molar-refractivity contribution in [3.8, 4) is 10.8 Å². The summed E-state index contributed by atoms with van der Waals surface area (Å²) < 4.78 is 5.36. The maximum absolute atomic E-state index is 12.0. The van der Waals surface area contributed by atoms with Crippen molar-refractivity contribution in [3.05, 3.63) is 64.9 Å². The molecule has 4 nitrogen and oxygen atoms in total. The Morgan fingerprint density at radius 2 is 2.04 bits per heavy atom. The molecule has 1 amide bonds. The Balaban J connectivity index is 1.53. The highest BCUT2D eigenvalue weighted by Gasteiger charge is 2.12. The quantitative estimate of drug-likeness (QED) is 0.746. The van der Waals surface area contributed by atoms with Crippen LogP contribution < -0.4 is 5.32 Å². The highest BCUT2D eigenvalue weighted by atomic mass is 32.1. The summed E-state index contributed by atoms with van der Waals surface area (Å²) in [5.41, 5.74) is 2.11. The van der Waals surface area contributed by atoms with E-state index in [2.05, 4.69) is 10.3 Å². The Hall–Kier alpha value is -2.40. The van der Waals surface area contributed by atoms with Gasteiger partial charge < -0.3 is 9.73 Å². The first-order chi connectivity index (χ1) is 11.2. The van der Waals surface area contributed by atoms with Crippen LogP contribution in [0.25, 0.3) is 10.8 Å². The zero-order chi connectivity index (χ0) is 16.1. The summed E-state index contributed by atoms with van der Waals surface area (Å²) in [6.45, 7) is 2.46. The van der Waals surface area contributed by atoms with Crippen molar-refractivity contribution in [1.82, 2.24) is 10.3 Å².